The van der Waals surface area contributed by atoms with Crippen LogP contribution in [-0.4, -0.2) is 547 Å². The minimum atomic E-state index is -2.04. The number of hydrogen-bond acceptors (Lipinski definition) is 55. The van der Waals surface area contributed by atoms with Crippen molar-refractivity contribution in [1.82, 2.24) is 0 Å². The quantitative estimate of drug-likeness (QED) is 0.0375. The summed E-state index contributed by atoms with van der Waals surface area (Å²) in [5, 5.41) is 278. The zero-order valence-electron chi connectivity index (χ0n) is 83.0. The highest BCUT2D eigenvalue weighted by molar-refractivity contribution is 5.78. The summed E-state index contributed by atoms with van der Waals surface area (Å²) in [5.74, 6) is -2.43. The molecule has 0 aromatic rings. The lowest BCUT2D eigenvalue weighted by molar-refractivity contribution is -0.267. The smallest absolute Gasteiger partial charge is 0.338 e. The highest BCUT2D eigenvalue weighted by atomic mass is 16.6. The fourth-order valence-electron chi connectivity index (χ4n) is 16.4. The lowest BCUT2D eigenvalue weighted by atomic mass is 9.86. The van der Waals surface area contributed by atoms with Gasteiger partial charge in [-0.25, -0.2) is 4.79 Å². The minimum absolute atomic E-state index is 0.0187. The Morgan fingerprint density at radius 2 is 0.810 bits per heavy atom. The van der Waals surface area contributed by atoms with Crippen LogP contribution in [0.3, 0.4) is 0 Å². The van der Waals surface area contributed by atoms with E-state index in [1.165, 1.54) is 13.8 Å². The lowest BCUT2D eigenvalue weighted by Crippen LogP contribution is -2.70. The summed E-state index contributed by atoms with van der Waals surface area (Å²) in [6.07, 6.45) is -31.9. The van der Waals surface area contributed by atoms with Crippen molar-refractivity contribution < 1.29 is 229 Å². The van der Waals surface area contributed by atoms with Gasteiger partial charge in [-0.05, 0) is 101 Å². The molecule has 0 bridgehead atoms. The number of carboxylic acid groups (broad SMARTS) is 2. The molecule has 12 heterocycles. The maximum atomic E-state index is 10.8. The van der Waals surface area contributed by atoms with E-state index in [9.17, 15) is 127 Å². The molecule has 57 nitrogen and oxygen atoms in total. The van der Waals surface area contributed by atoms with E-state index in [0.717, 1.165) is 26.4 Å². The zero-order valence-corrected chi connectivity index (χ0v) is 83.0. The van der Waals surface area contributed by atoms with Crippen LogP contribution in [0.25, 0.3) is 0 Å². The Hall–Kier alpha value is -3.63. The molecular formula is C85H175N11O46. The Balaban J connectivity index is 0.000000776. The third-order valence-corrected chi connectivity index (χ3v) is 26.4. The van der Waals surface area contributed by atoms with Crippen LogP contribution in [-0.2, 0) is 76.0 Å². The predicted octanol–water partition coefficient (Wildman–Crippen LogP) is -18.7. The van der Waals surface area contributed by atoms with Gasteiger partial charge in [-0.2, -0.15) is 0 Å². The molecule has 12 rings (SSSR count). The molecule has 0 amide bonds. The molecule has 52 N–H and O–H groups in total. The van der Waals surface area contributed by atoms with Crippen molar-refractivity contribution in [3.63, 3.8) is 0 Å². The molecule has 12 saturated heterocycles. The fraction of sp³-hybridized carbons (Fsp3) is 0.965. The Kier molecular flexibility index (Phi) is 60.5. The van der Waals surface area contributed by atoms with E-state index in [4.69, 9.17) is 161 Å². The normalized spacial score (nSPS) is 45.9. The number of aliphatic hydroxyl groups is 28. The van der Waals surface area contributed by atoms with Crippen LogP contribution >= 0.6 is 0 Å². The molecular weight excluding hydrogens is 1910 g/mol. The van der Waals surface area contributed by atoms with Gasteiger partial charge in [-0.3, -0.25) is 15.3 Å². The molecule has 846 valence electrons. The number of carbonyl (C=O) groups excluding carboxylic acids is 1. The molecule has 12 fully saturated rings. The molecule has 51 atom stereocenters. The lowest BCUT2D eigenvalue weighted by Gasteiger charge is -2.45. The number of aliphatic carboxylic acids is 2. The van der Waals surface area contributed by atoms with Crippen molar-refractivity contribution in [2.75, 3.05) is 72.2 Å². The summed E-state index contributed by atoms with van der Waals surface area (Å²) in [5.41, 5.74) is 50.9. The number of carboxylic acids is 2. The van der Waals surface area contributed by atoms with Gasteiger partial charge in [0.15, 0.2) is 5.60 Å². The van der Waals surface area contributed by atoms with Crippen LogP contribution in [0.2, 0.25) is 0 Å². The Morgan fingerprint density at radius 1 is 0.423 bits per heavy atom. The summed E-state index contributed by atoms with van der Waals surface area (Å²) in [4.78, 5) is 31.6. The van der Waals surface area contributed by atoms with E-state index in [1.807, 2.05) is 34.6 Å². The minimum Gasteiger partial charge on any atom is -0.481 e. The van der Waals surface area contributed by atoms with E-state index >= 15 is 0 Å². The van der Waals surface area contributed by atoms with E-state index < -0.39 is 292 Å². The first-order valence-corrected chi connectivity index (χ1v) is 47.2. The molecule has 11 unspecified atom stereocenters. The molecule has 0 aromatic carbocycles. The van der Waals surface area contributed by atoms with Crippen molar-refractivity contribution in [3.8, 4) is 0 Å². The summed E-state index contributed by atoms with van der Waals surface area (Å²) < 4.78 is 66.0. The number of rotatable bonds is 21. The van der Waals surface area contributed by atoms with Crippen LogP contribution in [0.15, 0.2) is 0 Å². The number of nitrogens with two attached hydrogens (primary N) is 11. The van der Waals surface area contributed by atoms with Crippen molar-refractivity contribution in [2.24, 2.45) is 69.0 Å². The first kappa shape index (κ1) is 136. The summed E-state index contributed by atoms with van der Waals surface area (Å²) in [6, 6.07) is -0.0980. The van der Waals surface area contributed by atoms with Gasteiger partial charge in [0.25, 0.3) is 6.47 Å². The largest absolute Gasteiger partial charge is 0.481 e. The number of ether oxygens (including phenoxy) is 13. The van der Waals surface area contributed by atoms with E-state index in [-0.39, 0.29) is 107 Å². The Bertz CT molecular complexity index is 3320. The van der Waals surface area contributed by atoms with E-state index in [2.05, 4.69) is 4.74 Å². The summed E-state index contributed by atoms with van der Waals surface area (Å²) in [6.45, 7) is 24.7. The number of carbonyl (C=O) groups is 3. The van der Waals surface area contributed by atoms with E-state index in [0.29, 0.717) is 19.3 Å². The highest BCUT2D eigenvalue weighted by Crippen LogP contribution is 2.37. The monoisotopic (exact) mass is 2090 g/mol. The third kappa shape index (κ3) is 36.6. The van der Waals surface area contributed by atoms with Crippen LogP contribution in [0.4, 0.5) is 0 Å². The average molecular weight is 2090 g/mol. The average Bonchev–Trinajstić information content (AvgIpc) is 1.30. The first-order chi connectivity index (χ1) is 65.8. The van der Waals surface area contributed by atoms with Gasteiger partial charge in [-0.15, -0.1) is 0 Å². The van der Waals surface area contributed by atoms with Gasteiger partial charge in [0.05, 0.1) is 124 Å². The second kappa shape index (κ2) is 63.0. The molecule has 0 aliphatic carbocycles. The molecule has 57 heteroatoms. The molecule has 142 heavy (non-hydrogen) atoms. The Labute approximate surface area is 824 Å². The molecule has 12 aliphatic rings. The van der Waals surface area contributed by atoms with Gasteiger partial charge in [0.1, 0.15) is 188 Å². The number of hydrogen-bond donors (Lipinski definition) is 41. The van der Waals surface area contributed by atoms with Crippen LogP contribution in [0.5, 0.6) is 0 Å². The van der Waals surface area contributed by atoms with Gasteiger partial charge < -0.3 is 272 Å². The van der Waals surface area contributed by atoms with Gasteiger partial charge in [-0.1, -0.05) is 27.7 Å². The van der Waals surface area contributed by atoms with Crippen molar-refractivity contribution in [3.05, 3.63) is 0 Å². The van der Waals surface area contributed by atoms with Crippen LogP contribution in [0.1, 0.15) is 135 Å². The topological polar surface area (TPSA) is 1060 Å². The van der Waals surface area contributed by atoms with E-state index in [1.54, 1.807) is 41.5 Å². The van der Waals surface area contributed by atoms with Gasteiger partial charge in [0.2, 0.25) is 5.72 Å². The van der Waals surface area contributed by atoms with Gasteiger partial charge >= 0.3 is 11.9 Å². The first-order valence-electron chi connectivity index (χ1n) is 47.2. The Morgan fingerprint density at radius 3 is 1.11 bits per heavy atom. The summed E-state index contributed by atoms with van der Waals surface area (Å²) >= 11 is 0. The van der Waals surface area contributed by atoms with Gasteiger partial charge in [0, 0.05) is 64.4 Å². The maximum absolute atomic E-state index is 10.8. The second-order valence-corrected chi connectivity index (χ2v) is 37.2. The SMILES string of the molecule is CC1O[C@@H](C)C(O)C(O)[C@@]1(N)OC=O.CCC1OC([C@@H](O)CN)[C@H](O)[C@@H]1O.CC[C@@H]1OC(N)[C@@H](O)[C@H]1O.CC[C@@H]1O[C@H](CN)[C@@H](O)[C@H]1O.CC[C@H](N)C(O)[C@@H]1CCO[C@H]1C.C[C@@H]1O[C@H](CN)[C@H](O)[C@@H]1O.C[C@@]1(O)COC(CN)[C@H]1O.C[C@H]1O[C@H](CN)[C@@H](O)[C@@H]1O.C[C@H]1O[C@H](CN)[C@@H](O)[C@H]1O.C[C@H]1O[C@H](CN)[C@@](O)(CC(=O)O)C1O.C[C@]1(C(=O)O)O[C@H](CO)C(O)[C@H](O)[C@@H]1O.C[C@]1(N)O[C@H](CO)[C@H](O)[C@H](O)C1O. The standard InChI is InChI=1S/C9H19NO2.2C8H15NO5.C8H17NO4.C8H14O7.C7H15NO5.C7H15NO3.5C6H13NO3/c1-3-8(10)9(11)7-4-5-12-6(7)2;1-4-7(12)8(13,2-6(10)11)5(3-9)14-4;1-4-6(11)7(12)8(9,13-3-10)5(2)14-4;1-2-5-6(11)7(12)8(13-5)4(10)3-9;1-8(7(13)14)6(12)5(11)4(10)3(2-9)15-8;1-7(8)6(12)5(11)4(10)3(2-9)13-7;1-2-4-6(9)7(10)5(3-8)11-4;1-6(9)3-10-4(2-7)5(6)8;3*1-3-5(8)6(9)4(2-7)10-3;1-2-3-4(8)5(9)6(7)10-3/h6-9,11H,3-5,10H2,1-2H3;4-5,7,12-13H,2-3,9H2,1H3,(H,10,11);3-7,11-12H,9H2,1-2H3;4-8,10-12H,2-3,9H2,1H3;3-6,9-12H,2H2,1H3,(H,13,14);3-6,9-12H,2,8H2,1H3;4-7,9-10H,2-3,8H2,1H3;4-5,8-9H,2-3,7H2,1H3;4*3-6,8-9H,2,7H2,1H3/t6-,7+,8-,9?;4-,5-,7?,8+;4-,5?,6?,7?,8-;4-,5?,6+,7+,8?;3-,4?,5+,6+,8+;3-,4+,5+,6?,7+;4-,5+,6-,7+;4?,5-,6-;3-,4+,5+,6-;3-,4-,5+,6-;3-,4-,5-,6-;3-,4-,5-,6?/m010011010110/s1. The maximum Gasteiger partial charge on any atom is 0.338 e. The summed E-state index contributed by atoms with van der Waals surface area (Å²) in [7, 11) is 0. The zero-order chi connectivity index (χ0) is 110. The van der Waals surface area contributed by atoms with Crippen LogP contribution in [0, 0.1) is 5.92 Å². The van der Waals surface area contributed by atoms with Crippen molar-refractivity contribution >= 4 is 18.4 Å². The molecule has 0 spiro atoms. The van der Waals surface area contributed by atoms with Crippen molar-refractivity contribution in [1.29, 1.82) is 0 Å². The third-order valence-electron chi connectivity index (χ3n) is 26.4. The fourth-order valence-corrected chi connectivity index (χ4v) is 16.4. The molecule has 0 aromatic heterocycles. The number of aliphatic hydroxyl groups excluding tert-OH is 26. The highest BCUT2D eigenvalue weighted by Gasteiger charge is 2.58. The molecule has 0 radical (unpaired) electrons. The second-order valence-electron chi connectivity index (χ2n) is 37.2. The molecule has 0 saturated carbocycles. The predicted molar refractivity (Wildman–Crippen MR) is 492 cm³/mol. The van der Waals surface area contributed by atoms with Crippen LogP contribution < -0.4 is 63.1 Å². The molecule has 12 aliphatic heterocycles. The van der Waals surface area contributed by atoms with Crippen molar-refractivity contribution in [2.45, 2.75) is 438 Å².